The Labute approximate surface area is 114 Å². The van der Waals surface area contributed by atoms with Gasteiger partial charge in [-0.05, 0) is 22.9 Å². The summed E-state index contributed by atoms with van der Waals surface area (Å²) in [6.07, 6.45) is 0. The number of carbonyl (C=O) groups is 1. The maximum Gasteiger partial charge on any atom is 0.316 e. The minimum absolute atomic E-state index is 0.224. The minimum Gasteiger partial charge on any atom is -0.465 e. The summed E-state index contributed by atoms with van der Waals surface area (Å²) in [5.41, 5.74) is 0. The van der Waals surface area contributed by atoms with Crippen LogP contribution in [0.2, 0.25) is 0 Å². The summed E-state index contributed by atoms with van der Waals surface area (Å²) in [6, 6.07) is 1.80. The molecule has 0 saturated heterocycles. The van der Waals surface area contributed by atoms with E-state index in [9.17, 15) is 4.79 Å². The topological polar surface area (TPSA) is 52.1 Å². The molecular formula is C11H15BrN2O2S. The highest BCUT2D eigenvalue weighted by Gasteiger charge is 2.09. The van der Waals surface area contributed by atoms with Crippen LogP contribution < -0.4 is 0 Å². The lowest BCUT2D eigenvalue weighted by atomic mass is 10.2. The van der Waals surface area contributed by atoms with E-state index in [0.717, 1.165) is 15.5 Å². The second-order valence-electron chi connectivity index (χ2n) is 3.64. The third-order valence-corrected chi connectivity index (χ3v) is 3.14. The van der Waals surface area contributed by atoms with E-state index in [-0.39, 0.29) is 17.6 Å². The molecule has 4 nitrogen and oxygen atoms in total. The van der Waals surface area contributed by atoms with Crippen molar-refractivity contribution in [1.82, 2.24) is 9.97 Å². The van der Waals surface area contributed by atoms with Gasteiger partial charge in [0.25, 0.3) is 0 Å². The van der Waals surface area contributed by atoms with E-state index in [4.69, 9.17) is 4.74 Å². The average Bonchev–Trinajstić information content (AvgIpc) is 2.26. The first-order valence-corrected chi connectivity index (χ1v) is 7.13. The molecule has 0 spiro atoms. The monoisotopic (exact) mass is 318 g/mol. The highest BCUT2D eigenvalue weighted by atomic mass is 79.9. The zero-order valence-electron chi connectivity index (χ0n) is 10.1. The van der Waals surface area contributed by atoms with Gasteiger partial charge in [0.2, 0.25) is 0 Å². The summed E-state index contributed by atoms with van der Waals surface area (Å²) >= 11 is 4.70. The Kier molecular flexibility index (Phi) is 5.91. The van der Waals surface area contributed by atoms with Crippen molar-refractivity contribution in [1.29, 1.82) is 0 Å². The zero-order chi connectivity index (χ0) is 12.8. The van der Waals surface area contributed by atoms with Gasteiger partial charge in [-0.2, -0.15) is 0 Å². The number of rotatable bonds is 5. The van der Waals surface area contributed by atoms with E-state index in [2.05, 4.69) is 25.9 Å². The first kappa shape index (κ1) is 14.4. The molecule has 0 fully saturated rings. The van der Waals surface area contributed by atoms with Gasteiger partial charge in [-0.3, -0.25) is 4.79 Å². The van der Waals surface area contributed by atoms with Crippen molar-refractivity contribution in [3.8, 4) is 0 Å². The molecule has 0 radical (unpaired) electrons. The van der Waals surface area contributed by atoms with Gasteiger partial charge in [-0.15, -0.1) is 0 Å². The quantitative estimate of drug-likeness (QED) is 0.474. The highest BCUT2D eigenvalue weighted by Crippen LogP contribution is 2.21. The molecule has 1 heterocycles. The molecule has 0 amide bonds. The molecule has 0 N–H and O–H groups in total. The Bertz CT molecular complexity index is 399. The number of hydrogen-bond acceptors (Lipinski definition) is 5. The van der Waals surface area contributed by atoms with Crippen molar-refractivity contribution in [3.05, 3.63) is 16.5 Å². The molecule has 0 unspecified atom stereocenters. The third-order valence-electron chi connectivity index (χ3n) is 1.85. The Balaban J connectivity index is 2.68. The van der Waals surface area contributed by atoms with E-state index in [0.29, 0.717) is 6.61 Å². The van der Waals surface area contributed by atoms with Crippen LogP contribution in [0.4, 0.5) is 0 Å². The van der Waals surface area contributed by atoms with E-state index < -0.39 is 0 Å². The minimum atomic E-state index is -0.224. The molecule has 1 aromatic rings. The fourth-order valence-corrected chi connectivity index (χ4v) is 2.33. The van der Waals surface area contributed by atoms with Crippen LogP contribution in [-0.2, 0) is 9.53 Å². The van der Waals surface area contributed by atoms with E-state index in [1.165, 1.54) is 11.8 Å². The van der Waals surface area contributed by atoms with Crippen molar-refractivity contribution >= 4 is 33.7 Å². The van der Waals surface area contributed by atoms with Gasteiger partial charge < -0.3 is 4.74 Å². The predicted octanol–water partition coefficient (Wildman–Crippen LogP) is 3.02. The normalized spacial score (nSPS) is 10.6. The van der Waals surface area contributed by atoms with Gasteiger partial charge in [-0.25, -0.2) is 9.97 Å². The average molecular weight is 319 g/mol. The van der Waals surface area contributed by atoms with Gasteiger partial charge in [-0.1, -0.05) is 25.6 Å². The summed E-state index contributed by atoms with van der Waals surface area (Å²) in [6.45, 7) is 6.26. The Morgan fingerprint density at radius 2 is 2.24 bits per heavy atom. The number of carbonyl (C=O) groups excluding carboxylic acids is 1. The Hall–Kier alpha value is -0.620. The van der Waals surface area contributed by atoms with Gasteiger partial charge in [0.05, 0.1) is 12.4 Å². The predicted molar refractivity (Wildman–Crippen MR) is 71.2 cm³/mol. The lowest BCUT2D eigenvalue weighted by Crippen LogP contribution is -2.07. The van der Waals surface area contributed by atoms with Gasteiger partial charge in [0, 0.05) is 12.0 Å². The van der Waals surface area contributed by atoms with E-state index >= 15 is 0 Å². The summed E-state index contributed by atoms with van der Waals surface area (Å²) in [5, 5.41) is 0.781. The second-order valence-corrected chi connectivity index (χ2v) is 5.44. The Morgan fingerprint density at radius 3 is 2.82 bits per heavy atom. The Morgan fingerprint density at radius 1 is 1.53 bits per heavy atom. The number of aromatic nitrogens is 2. The number of esters is 1. The van der Waals surface area contributed by atoms with Crippen molar-refractivity contribution in [2.45, 2.75) is 31.7 Å². The number of nitrogens with zero attached hydrogens (tertiary/aromatic N) is 2. The lowest BCUT2D eigenvalue weighted by molar-refractivity contribution is -0.139. The summed E-state index contributed by atoms with van der Waals surface area (Å²) in [5.74, 6) is 1.08. The largest absolute Gasteiger partial charge is 0.465 e. The highest BCUT2D eigenvalue weighted by molar-refractivity contribution is 9.10. The zero-order valence-corrected chi connectivity index (χ0v) is 12.5. The third kappa shape index (κ3) is 5.04. The van der Waals surface area contributed by atoms with Crippen LogP contribution in [-0.4, -0.2) is 28.3 Å². The first-order valence-electron chi connectivity index (χ1n) is 5.35. The number of ether oxygens (including phenoxy) is 1. The van der Waals surface area contributed by atoms with Crippen molar-refractivity contribution in [3.63, 3.8) is 0 Å². The molecule has 6 heteroatoms. The van der Waals surface area contributed by atoms with Crippen molar-refractivity contribution in [2.75, 3.05) is 12.4 Å². The van der Waals surface area contributed by atoms with Crippen LogP contribution in [0.3, 0.4) is 0 Å². The molecule has 0 saturated carbocycles. The maximum atomic E-state index is 11.2. The summed E-state index contributed by atoms with van der Waals surface area (Å²) < 4.78 is 5.60. The van der Waals surface area contributed by atoms with Crippen LogP contribution in [0.1, 0.15) is 32.5 Å². The molecule has 0 aliphatic heterocycles. The number of thioether (sulfide) groups is 1. The van der Waals surface area contributed by atoms with Crippen LogP contribution in [0, 0.1) is 0 Å². The number of hydrogen-bond donors (Lipinski definition) is 0. The molecule has 0 bridgehead atoms. The van der Waals surface area contributed by atoms with E-state index in [1.54, 1.807) is 13.0 Å². The standard InChI is InChI=1S/C11H15BrN2O2S/c1-4-16-10(15)6-17-9-5-8(12)13-11(14-9)7(2)3/h5,7H,4,6H2,1-3H3. The molecule has 94 valence electrons. The molecule has 0 atom stereocenters. The SMILES string of the molecule is CCOC(=O)CSc1cc(Br)nc(C(C)C)n1. The molecule has 0 aliphatic rings. The van der Waals surface area contributed by atoms with Crippen molar-refractivity contribution in [2.24, 2.45) is 0 Å². The van der Waals surface area contributed by atoms with Gasteiger partial charge >= 0.3 is 5.97 Å². The van der Waals surface area contributed by atoms with Crippen LogP contribution in [0.15, 0.2) is 15.7 Å². The van der Waals surface area contributed by atoms with Gasteiger partial charge in [0.1, 0.15) is 15.5 Å². The fraction of sp³-hybridized carbons (Fsp3) is 0.545. The van der Waals surface area contributed by atoms with Gasteiger partial charge in [0.15, 0.2) is 0 Å². The first-order chi connectivity index (χ1) is 8.02. The molecular weight excluding hydrogens is 304 g/mol. The summed E-state index contributed by atoms with van der Waals surface area (Å²) in [7, 11) is 0. The smallest absolute Gasteiger partial charge is 0.316 e. The summed E-state index contributed by atoms with van der Waals surface area (Å²) in [4.78, 5) is 19.9. The number of halogens is 1. The molecule has 1 rings (SSSR count). The lowest BCUT2D eigenvalue weighted by Gasteiger charge is -2.07. The molecule has 0 aliphatic carbocycles. The molecule has 17 heavy (non-hydrogen) atoms. The second kappa shape index (κ2) is 6.96. The molecule has 0 aromatic carbocycles. The van der Waals surface area contributed by atoms with Crippen LogP contribution >= 0.6 is 27.7 Å². The van der Waals surface area contributed by atoms with Crippen LogP contribution in [0.25, 0.3) is 0 Å². The molecule has 1 aromatic heterocycles. The van der Waals surface area contributed by atoms with Crippen molar-refractivity contribution < 1.29 is 9.53 Å². The van der Waals surface area contributed by atoms with E-state index in [1.807, 2.05) is 13.8 Å². The van der Waals surface area contributed by atoms with Crippen LogP contribution in [0.5, 0.6) is 0 Å². The fourth-order valence-electron chi connectivity index (χ4n) is 1.08. The maximum absolute atomic E-state index is 11.2.